The molecule has 2 amide bonds. The van der Waals surface area contributed by atoms with E-state index in [0.29, 0.717) is 5.56 Å². The van der Waals surface area contributed by atoms with E-state index in [1.807, 2.05) is 38.1 Å². The van der Waals surface area contributed by atoms with Gasteiger partial charge in [0, 0.05) is 30.0 Å². The highest BCUT2D eigenvalue weighted by Crippen LogP contribution is 2.22. The van der Waals surface area contributed by atoms with Gasteiger partial charge >= 0.3 is 0 Å². The van der Waals surface area contributed by atoms with Crippen molar-refractivity contribution in [3.63, 3.8) is 0 Å². The van der Waals surface area contributed by atoms with Crippen LogP contribution in [0, 0.1) is 13.8 Å². The lowest BCUT2D eigenvalue weighted by atomic mass is 10.1. The second-order valence-electron chi connectivity index (χ2n) is 6.27. The number of amides is 2. The topological polar surface area (TPSA) is 61.4 Å². The summed E-state index contributed by atoms with van der Waals surface area (Å²) in [5.74, 6) is -0.498. The average Bonchev–Trinajstić information content (AvgIpc) is 2.63. The molecule has 0 aliphatic carbocycles. The van der Waals surface area contributed by atoms with Gasteiger partial charge in [0.15, 0.2) is 0 Å². The zero-order valence-corrected chi connectivity index (χ0v) is 15.9. The number of benzene rings is 2. The van der Waals surface area contributed by atoms with Crippen LogP contribution in [0.1, 0.15) is 35.3 Å². The molecular formula is C21H27N3O2. The van der Waals surface area contributed by atoms with Gasteiger partial charge in [-0.1, -0.05) is 17.7 Å². The maximum atomic E-state index is 12.2. The molecule has 0 unspecified atom stereocenters. The van der Waals surface area contributed by atoms with Crippen LogP contribution in [0.5, 0.6) is 0 Å². The van der Waals surface area contributed by atoms with E-state index in [0.717, 1.165) is 35.6 Å². The lowest BCUT2D eigenvalue weighted by molar-refractivity contribution is -0.115. The summed E-state index contributed by atoms with van der Waals surface area (Å²) in [6.07, 6.45) is 0. The SMILES string of the molecule is CCN(CC)c1ccc(NC(=O)CNC(=O)c2cccc(C)c2)c(C)c1. The Hall–Kier alpha value is -2.82. The summed E-state index contributed by atoms with van der Waals surface area (Å²) in [4.78, 5) is 26.5. The van der Waals surface area contributed by atoms with Gasteiger partial charge in [-0.3, -0.25) is 9.59 Å². The third kappa shape index (κ3) is 5.09. The van der Waals surface area contributed by atoms with Crippen LogP contribution >= 0.6 is 0 Å². The van der Waals surface area contributed by atoms with E-state index in [1.54, 1.807) is 12.1 Å². The first-order chi connectivity index (χ1) is 12.4. The molecular weight excluding hydrogens is 326 g/mol. The maximum Gasteiger partial charge on any atom is 0.251 e. The molecule has 0 aliphatic rings. The maximum absolute atomic E-state index is 12.2. The van der Waals surface area contributed by atoms with E-state index in [4.69, 9.17) is 0 Å². The number of rotatable bonds is 7. The average molecular weight is 353 g/mol. The minimum absolute atomic E-state index is 0.0655. The predicted octanol–water partition coefficient (Wildman–Crippen LogP) is 3.52. The highest BCUT2D eigenvalue weighted by atomic mass is 16.2. The van der Waals surface area contributed by atoms with Crippen molar-refractivity contribution in [3.05, 3.63) is 59.2 Å². The molecule has 0 fully saturated rings. The molecule has 0 aromatic heterocycles. The highest BCUT2D eigenvalue weighted by molar-refractivity contribution is 5.99. The largest absolute Gasteiger partial charge is 0.372 e. The zero-order chi connectivity index (χ0) is 19.1. The molecule has 0 saturated heterocycles. The minimum Gasteiger partial charge on any atom is -0.372 e. The van der Waals surface area contributed by atoms with Crippen LogP contribution in [-0.4, -0.2) is 31.4 Å². The van der Waals surface area contributed by atoms with Crippen molar-refractivity contribution >= 4 is 23.2 Å². The third-order valence-corrected chi connectivity index (χ3v) is 4.30. The Morgan fingerprint density at radius 3 is 2.35 bits per heavy atom. The summed E-state index contributed by atoms with van der Waals surface area (Å²) < 4.78 is 0. The van der Waals surface area contributed by atoms with Crippen LogP contribution in [0.15, 0.2) is 42.5 Å². The van der Waals surface area contributed by atoms with Crippen LogP contribution in [0.4, 0.5) is 11.4 Å². The summed E-state index contributed by atoms with van der Waals surface area (Å²) in [7, 11) is 0. The molecule has 0 atom stereocenters. The fourth-order valence-corrected chi connectivity index (χ4v) is 2.82. The summed E-state index contributed by atoms with van der Waals surface area (Å²) >= 11 is 0. The quantitative estimate of drug-likeness (QED) is 0.801. The Morgan fingerprint density at radius 1 is 1.00 bits per heavy atom. The number of carbonyl (C=O) groups excluding carboxylic acids is 2. The standard InChI is InChI=1S/C21H27N3O2/c1-5-24(6-2)18-10-11-19(16(4)13-18)23-20(25)14-22-21(26)17-9-7-8-15(3)12-17/h7-13H,5-6,14H2,1-4H3,(H,22,26)(H,23,25). The second kappa shape index (κ2) is 9.04. The molecule has 2 aromatic carbocycles. The van der Waals surface area contributed by atoms with Crippen LogP contribution in [0.2, 0.25) is 0 Å². The van der Waals surface area contributed by atoms with Crippen molar-refractivity contribution in [2.75, 3.05) is 29.9 Å². The van der Waals surface area contributed by atoms with Gasteiger partial charge in [0.1, 0.15) is 0 Å². The Bertz CT molecular complexity index is 783. The van der Waals surface area contributed by atoms with E-state index in [2.05, 4.69) is 35.4 Å². The van der Waals surface area contributed by atoms with Gasteiger partial charge in [0.25, 0.3) is 5.91 Å². The minimum atomic E-state index is -0.252. The molecule has 0 saturated carbocycles. The van der Waals surface area contributed by atoms with Crippen molar-refractivity contribution in [1.29, 1.82) is 0 Å². The van der Waals surface area contributed by atoms with Crippen LogP contribution in [0.3, 0.4) is 0 Å². The predicted molar refractivity (Wildman–Crippen MR) is 107 cm³/mol. The second-order valence-corrected chi connectivity index (χ2v) is 6.27. The fraction of sp³-hybridized carbons (Fsp3) is 0.333. The molecule has 5 nitrogen and oxygen atoms in total. The Balaban J connectivity index is 1.94. The van der Waals surface area contributed by atoms with Crippen LogP contribution < -0.4 is 15.5 Å². The van der Waals surface area contributed by atoms with E-state index in [1.165, 1.54) is 0 Å². The van der Waals surface area contributed by atoms with Gasteiger partial charge in [-0.2, -0.15) is 0 Å². The van der Waals surface area contributed by atoms with Gasteiger partial charge in [-0.05, 0) is 63.6 Å². The molecule has 5 heteroatoms. The molecule has 2 aromatic rings. The first kappa shape index (κ1) is 19.5. The van der Waals surface area contributed by atoms with Gasteiger partial charge in [-0.25, -0.2) is 0 Å². The van der Waals surface area contributed by atoms with Crippen LogP contribution in [-0.2, 0) is 4.79 Å². The number of anilines is 2. The lowest BCUT2D eigenvalue weighted by Gasteiger charge is -2.22. The summed E-state index contributed by atoms with van der Waals surface area (Å²) in [5.41, 5.74) is 4.45. The Morgan fingerprint density at radius 2 is 1.73 bits per heavy atom. The molecule has 26 heavy (non-hydrogen) atoms. The van der Waals surface area contributed by atoms with Gasteiger partial charge < -0.3 is 15.5 Å². The smallest absolute Gasteiger partial charge is 0.251 e. The van der Waals surface area contributed by atoms with Crippen molar-refractivity contribution in [2.45, 2.75) is 27.7 Å². The Labute approximate surface area is 155 Å². The monoisotopic (exact) mass is 353 g/mol. The number of carbonyl (C=O) groups is 2. The third-order valence-electron chi connectivity index (χ3n) is 4.30. The van der Waals surface area contributed by atoms with Gasteiger partial charge in [-0.15, -0.1) is 0 Å². The number of nitrogens with zero attached hydrogens (tertiary/aromatic N) is 1. The summed E-state index contributed by atoms with van der Waals surface area (Å²) in [6.45, 7) is 9.93. The first-order valence-corrected chi connectivity index (χ1v) is 8.95. The van der Waals surface area contributed by atoms with E-state index in [-0.39, 0.29) is 18.4 Å². The Kier molecular flexibility index (Phi) is 6.78. The summed E-state index contributed by atoms with van der Waals surface area (Å²) in [5, 5.41) is 5.51. The molecule has 138 valence electrons. The molecule has 0 heterocycles. The van der Waals surface area contributed by atoms with Crippen molar-refractivity contribution in [3.8, 4) is 0 Å². The number of nitrogens with one attached hydrogen (secondary N) is 2. The lowest BCUT2D eigenvalue weighted by Crippen LogP contribution is -2.33. The summed E-state index contributed by atoms with van der Waals surface area (Å²) in [6, 6.07) is 13.2. The van der Waals surface area contributed by atoms with Gasteiger partial charge in [0.2, 0.25) is 5.91 Å². The van der Waals surface area contributed by atoms with Crippen molar-refractivity contribution < 1.29 is 9.59 Å². The molecule has 0 radical (unpaired) electrons. The number of aryl methyl sites for hydroxylation is 2. The van der Waals surface area contributed by atoms with E-state index >= 15 is 0 Å². The van der Waals surface area contributed by atoms with Gasteiger partial charge in [0.05, 0.1) is 6.54 Å². The normalized spacial score (nSPS) is 10.3. The molecule has 2 rings (SSSR count). The first-order valence-electron chi connectivity index (χ1n) is 8.95. The zero-order valence-electron chi connectivity index (χ0n) is 15.9. The van der Waals surface area contributed by atoms with Crippen LogP contribution in [0.25, 0.3) is 0 Å². The van der Waals surface area contributed by atoms with E-state index < -0.39 is 0 Å². The molecule has 0 bridgehead atoms. The molecule has 2 N–H and O–H groups in total. The van der Waals surface area contributed by atoms with Crippen molar-refractivity contribution in [2.24, 2.45) is 0 Å². The number of hydrogen-bond donors (Lipinski definition) is 2. The molecule has 0 aliphatic heterocycles. The van der Waals surface area contributed by atoms with Crippen molar-refractivity contribution in [1.82, 2.24) is 5.32 Å². The van der Waals surface area contributed by atoms with E-state index in [9.17, 15) is 9.59 Å². The number of hydrogen-bond acceptors (Lipinski definition) is 3. The molecule has 0 spiro atoms. The fourth-order valence-electron chi connectivity index (χ4n) is 2.82. The highest BCUT2D eigenvalue weighted by Gasteiger charge is 2.10.